The number of fused-ring (bicyclic) bond motifs is 1. The number of carbonyl (C=O) groups excluding carboxylic acids is 2. The highest BCUT2D eigenvalue weighted by Gasteiger charge is 2.20. The first-order valence-corrected chi connectivity index (χ1v) is 9.61. The van der Waals surface area contributed by atoms with Crippen molar-refractivity contribution >= 4 is 29.5 Å². The van der Waals surface area contributed by atoms with Crippen molar-refractivity contribution in [1.29, 1.82) is 0 Å². The monoisotopic (exact) mass is 402 g/mol. The molecule has 0 bridgehead atoms. The van der Waals surface area contributed by atoms with Crippen molar-refractivity contribution in [3.8, 4) is 11.3 Å². The molecule has 1 aliphatic heterocycles. The summed E-state index contributed by atoms with van der Waals surface area (Å²) in [5.74, 6) is 0.528. The van der Waals surface area contributed by atoms with Gasteiger partial charge in [-0.1, -0.05) is 12.1 Å². The summed E-state index contributed by atoms with van der Waals surface area (Å²) in [6.07, 6.45) is 4.24. The lowest BCUT2D eigenvalue weighted by Crippen LogP contribution is -2.31. The van der Waals surface area contributed by atoms with Gasteiger partial charge < -0.3 is 15.6 Å². The third kappa shape index (κ3) is 4.22. The number of carbonyl (C=O) groups is 2. The van der Waals surface area contributed by atoms with Crippen molar-refractivity contribution in [1.82, 2.24) is 15.3 Å². The average Bonchev–Trinajstić information content (AvgIpc) is 3.19. The highest BCUT2D eigenvalue weighted by atomic mass is 16.2. The maximum Gasteiger partial charge on any atom is 0.253 e. The Kier molecular flexibility index (Phi) is 5.30. The van der Waals surface area contributed by atoms with Gasteiger partial charge in [0.05, 0.1) is 11.8 Å². The fourth-order valence-electron chi connectivity index (χ4n) is 3.28. The first-order chi connectivity index (χ1) is 14.5. The zero-order valence-corrected chi connectivity index (χ0v) is 16.8. The molecule has 30 heavy (non-hydrogen) atoms. The van der Waals surface area contributed by atoms with Gasteiger partial charge in [0, 0.05) is 55.8 Å². The van der Waals surface area contributed by atoms with Crippen molar-refractivity contribution in [2.24, 2.45) is 5.10 Å². The van der Waals surface area contributed by atoms with Gasteiger partial charge >= 0.3 is 0 Å². The highest BCUT2D eigenvalue weighted by Crippen LogP contribution is 2.26. The van der Waals surface area contributed by atoms with E-state index >= 15 is 0 Å². The lowest BCUT2D eigenvalue weighted by molar-refractivity contribution is -0.114. The van der Waals surface area contributed by atoms with E-state index in [9.17, 15) is 9.59 Å². The summed E-state index contributed by atoms with van der Waals surface area (Å²) in [6, 6.07) is 13.1. The van der Waals surface area contributed by atoms with Gasteiger partial charge in [0.1, 0.15) is 5.82 Å². The van der Waals surface area contributed by atoms with E-state index in [0.29, 0.717) is 17.9 Å². The molecule has 152 valence electrons. The molecule has 0 radical (unpaired) electrons. The Hall–Kier alpha value is -3.94. The first-order valence-electron chi connectivity index (χ1n) is 9.61. The van der Waals surface area contributed by atoms with Crippen LogP contribution in [0.3, 0.4) is 0 Å². The Morgan fingerprint density at radius 1 is 1.23 bits per heavy atom. The molecule has 0 aliphatic carbocycles. The number of nitrogens with zero attached hydrogens (tertiary/aromatic N) is 3. The Labute approximate surface area is 174 Å². The summed E-state index contributed by atoms with van der Waals surface area (Å²) in [7, 11) is 1.82. The topological polar surface area (TPSA) is 102 Å². The van der Waals surface area contributed by atoms with Gasteiger partial charge in [-0.15, -0.1) is 0 Å². The predicted octanol–water partition coefficient (Wildman–Crippen LogP) is 2.79. The Bertz CT molecular complexity index is 1120. The van der Waals surface area contributed by atoms with Crippen LogP contribution in [0, 0.1) is 0 Å². The quantitative estimate of drug-likeness (QED) is 0.451. The lowest BCUT2D eigenvalue weighted by atomic mass is 10.1. The van der Waals surface area contributed by atoms with Crippen LogP contribution in [0.25, 0.3) is 11.3 Å². The summed E-state index contributed by atoms with van der Waals surface area (Å²) >= 11 is 0. The number of benzene rings is 1. The second kappa shape index (κ2) is 8.20. The third-order valence-electron chi connectivity index (χ3n) is 4.80. The summed E-state index contributed by atoms with van der Waals surface area (Å²) in [5.41, 5.74) is 5.11. The smallest absolute Gasteiger partial charge is 0.253 e. The molecule has 8 heteroatoms. The van der Waals surface area contributed by atoms with E-state index < -0.39 is 0 Å². The number of hydrazone groups is 1. The van der Waals surface area contributed by atoms with Crippen LogP contribution < -0.4 is 15.6 Å². The first kappa shape index (κ1) is 19.4. The molecule has 2 amide bonds. The number of aromatic nitrogens is 2. The van der Waals surface area contributed by atoms with Crippen LogP contribution >= 0.6 is 0 Å². The Balaban J connectivity index is 1.50. The Morgan fingerprint density at radius 3 is 2.77 bits per heavy atom. The number of anilines is 2. The fraction of sp³-hybridized carbons (Fsp3) is 0.182. The summed E-state index contributed by atoms with van der Waals surface area (Å²) in [6.45, 7) is 2.12. The molecule has 3 N–H and O–H groups in total. The molecule has 3 heterocycles. The molecule has 1 aromatic carbocycles. The zero-order chi connectivity index (χ0) is 21.1. The molecule has 0 saturated carbocycles. The normalized spacial score (nSPS) is 13.1. The van der Waals surface area contributed by atoms with Gasteiger partial charge in [0.25, 0.3) is 5.91 Å². The number of pyridine rings is 1. The number of aromatic amines is 1. The van der Waals surface area contributed by atoms with E-state index in [-0.39, 0.29) is 11.8 Å². The average molecular weight is 402 g/mol. The van der Waals surface area contributed by atoms with Crippen LogP contribution in [0.4, 0.5) is 11.5 Å². The molecule has 1 aliphatic rings. The van der Waals surface area contributed by atoms with Crippen molar-refractivity contribution in [2.45, 2.75) is 13.3 Å². The van der Waals surface area contributed by atoms with Crippen LogP contribution in [0.5, 0.6) is 0 Å². The number of hydrogen-bond donors (Lipinski definition) is 3. The minimum Gasteiger partial charge on any atom is -0.358 e. The summed E-state index contributed by atoms with van der Waals surface area (Å²) < 4.78 is 0. The summed E-state index contributed by atoms with van der Waals surface area (Å²) in [4.78, 5) is 30.8. The van der Waals surface area contributed by atoms with Crippen molar-refractivity contribution in [3.63, 3.8) is 0 Å². The molecule has 0 fully saturated rings. The molecular weight excluding hydrogens is 380 g/mol. The van der Waals surface area contributed by atoms with E-state index in [1.54, 1.807) is 17.4 Å². The molecule has 0 spiro atoms. The van der Waals surface area contributed by atoms with Crippen molar-refractivity contribution < 1.29 is 9.59 Å². The van der Waals surface area contributed by atoms with Crippen LogP contribution in [-0.4, -0.2) is 41.6 Å². The van der Waals surface area contributed by atoms with E-state index in [1.165, 1.54) is 6.92 Å². The fourth-order valence-corrected chi connectivity index (χ4v) is 3.28. The van der Waals surface area contributed by atoms with Crippen LogP contribution in [0.15, 0.2) is 53.8 Å². The van der Waals surface area contributed by atoms with E-state index in [1.807, 2.05) is 49.5 Å². The van der Waals surface area contributed by atoms with E-state index in [4.69, 9.17) is 0 Å². The van der Waals surface area contributed by atoms with Gasteiger partial charge in [0.2, 0.25) is 5.91 Å². The molecule has 0 atom stereocenters. The second-order valence-corrected chi connectivity index (χ2v) is 7.06. The van der Waals surface area contributed by atoms with Gasteiger partial charge in [-0.25, -0.2) is 4.98 Å². The van der Waals surface area contributed by atoms with Crippen LogP contribution in [-0.2, 0) is 11.2 Å². The molecule has 4 rings (SSSR count). The number of rotatable bonds is 5. The zero-order valence-electron chi connectivity index (χ0n) is 16.8. The maximum atomic E-state index is 12.0. The van der Waals surface area contributed by atoms with Gasteiger partial charge in [0.15, 0.2) is 0 Å². The molecule has 0 unspecified atom stereocenters. The third-order valence-corrected chi connectivity index (χ3v) is 4.80. The second-order valence-electron chi connectivity index (χ2n) is 7.06. The number of H-pyrrole nitrogens is 1. The Morgan fingerprint density at radius 2 is 2.03 bits per heavy atom. The van der Waals surface area contributed by atoms with E-state index in [0.717, 1.165) is 34.6 Å². The molecule has 3 aromatic rings. The van der Waals surface area contributed by atoms with Crippen molar-refractivity contribution in [3.05, 3.63) is 65.5 Å². The lowest BCUT2D eigenvalue weighted by Gasteiger charge is -2.12. The SMILES string of the molecule is CC(=O)Nc1ccc(C=NN(C)c2cc(-c3cc4c([nH]3)CCNC4=O)ccn2)cc1. The minimum absolute atomic E-state index is 0.0423. The number of hydrogen-bond acceptors (Lipinski definition) is 5. The predicted molar refractivity (Wildman–Crippen MR) is 117 cm³/mol. The maximum absolute atomic E-state index is 12.0. The molecule has 2 aromatic heterocycles. The standard InChI is InChI=1S/C22H22N6O2/c1-14(29)26-17-5-3-15(4-6-17)13-25-28(2)21-11-16(7-9-23-21)20-12-18-19(27-20)8-10-24-22(18)30/h3-7,9,11-13,27H,8,10H2,1-2H3,(H,24,30)(H,26,29). The molecule has 8 nitrogen and oxygen atoms in total. The minimum atomic E-state index is -0.106. The van der Waals surface area contributed by atoms with E-state index in [2.05, 4.69) is 25.7 Å². The van der Waals surface area contributed by atoms with Gasteiger partial charge in [-0.3, -0.25) is 14.6 Å². The van der Waals surface area contributed by atoms with Gasteiger partial charge in [-0.2, -0.15) is 5.10 Å². The van der Waals surface area contributed by atoms with Crippen LogP contribution in [0.2, 0.25) is 0 Å². The number of amides is 2. The largest absolute Gasteiger partial charge is 0.358 e. The van der Waals surface area contributed by atoms with Crippen molar-refractivity contribution in [2.75, 3.05) is 23.9 Å². The number of nitrogens with one attached hydrogen (secondary N) is 3. The van der Waals surface area contributed by atoms with Gasteiger partial charge in [-0.05, 0) is 35.9 Å². The van der Waals surface area contributed by atoms with Crippen LogP contribution in [0.1, 0.15) is 28.5 Å². The summed E-state index contributed by atoms with van der Waals surface area (Å²) in [5, 5.41) is 11.7. The molecule has 0 saturated heterocycles. The highest BCUT2D eigenvalue weighted by molar-refractivity contribution is 5.97. The molecular formula is C22H22N6O2.